The Morgan fingerprint density at radius 1 is 1.08 bits per heavy atom. The topological polar surface area (TPSA) is 90.0 Å². The van der Waals surface area contributed by atoms with Gasteiger partial charge in [-0.15, -0.1) is 0 Å². The summed E-state index contributed by atoms with van der Waals surface area (Å²) in [7, 11) is 3.71. The van der Waals surface area contributed by atoms with E-state index in [0.717, 1.165) is 11.8 Å². The van der Waals surface area contributed by atoms with Crippen molar-refractivity contribution in [3.8, 4) is 0 Å². The van der Waals surface area contributed by atoms with Crippen LogP contribution in [0.1, 0.15) is 17.3 Å². The van der Waals surface area contributed by atoms with Crippen LogP contribution in [0.25, 0.3) is 21.9 Å². The summed E-state index contributed by atoms with van der Waals surface area (Å²) in [6, 6.07) is 6.34. The number of carbonyl (C=O) groups excluding carboxylic acids is 1. The molecule has 3 aromatic rings. The summed E-state index contributed by atoms with van der Waals surface area (Å²) in [5.74, 6) is -0.837. The number of fused-ring (bicyclic) bond motifs is 3. The van der Waals surface area contributed by atoms with E-state index in [1.54, 1.807) is 25.1 Å². The van der Waals surface area contributed by atoms with Crippen molar-refractivity contribution in [2.24, 2.45) is 0 Å². The van der Waals surface area contributed by atoms with E-state index in [9.17, 15) is 14.4 Å². The lowest BCUT2D eigenvalue weighted by atomic mass is 10.1. The van der Waals surface area contributed by atoms with Gasteiger partial charge in [0.2, 0.25) is 0 Å². The summed E-state index contributed by atoms with van der Waals surface area (Å²) in [6.07, 6.45) is 0. The SMILES string of the molecule is CCOC(=O)c1cc2c(=O)oc3cc(N(C)C)ccc3c2oc1=O. The largest absolute Gasteiger partial charge is 0.462 e. The molecule has 0 radical (unpaired) electrons. The predicted molar refractivity (Wildman–Crippen MR) is 88.8 cm³/mol. The maximum absolute atomic E-state index is 12.2. The standard InChI is InChI=1S/C17H15NO6/c1-4-22-15(19)12-8-11-14(24-17(12)21)10-6-5-9(18(2)3)7-13(10)23-16(11)20/h5-8H,4H2,1-3H3. The van der Waals surface area contributed by atoms with Crippen LogP contribution >= 0.6 is 0 Å². The van der Waals surface area contributed by atoms with Gasteiger partial charge in [-0.2, -0.15) is 0 Å². The molecule has 0 amide bonds. The molecule has 3 rings (SSSR count). The van der Waals surface area contributed by atoms with Crippen LogP contribution < -0.4 is 16.2 Å². The first-order chi connectivity index (χ1) is 11.4. The molecule has 0 unspecified atom stereocenters. The fourth-order valence-electron chi connectivity index (χ4n) is 2.39. The van der Waals surface area contributed by atoms with Gasteiger partial charge in [-0.3, -0.25) is 0 Å². The molecule has 0 aliphatic heterocycles. The van der Waals surface area contributed by atoms with Gasteiger partial charge in [0.25, 0.3) is 0 Å². The van der Waals surface area contributed by atoms with Crippen molar-refractivity contribution < 1.29 is 18.4 Å². The van der Waals surface area contributed by atoms with Crippen molar-refractivity contribution in [3.05, 3.63) is 50.7 Å². The van der Waals surface area contributed by atoms with E-state index >= 15 is 0 Å². The third-order valence-corrected chi connectivity index (χ3v) is 3.59. The first kappa shape index (κ1) is 15.8. The Bertz CT molecular complexity index is 1060. The van der Waals surface area contributed by atoms with Crippen LogP contribution in [-0.2, 0) is 4.74 Å². The van der Waals surface area contributed by atoms with Crippen LogP contribution in [0.15, 0.2) is 42.7 Å². The van der Waals surface area contributed by atoms with Gasteiger partial charge in [-0.25, -0.2) is 14.4 Å². The quantitative estimate of drug-likeness (QED) is 0.413. The lowest BCUT2D eigenvalue weighted by molar-refractivity contribution is 0.0522. The maximum atomic E-state index is 12.2. The van der Waals surface area contributed by atoms with Crippen LogP contribution in [-0.4, -0.2) is 26.7 Å². The Morgan fingerprint density at radius 3 is 2.50 bits per heavy atom. The molecule has 0 spiro atoms. The van der Waals surface area contributed by atoms with E-state index in [2.05, 4.69) is 0 Å². The number of carbonyl (C=O) groups is 1. The van der Waals surface area contributed by atoms with E-state index < -0.39 is 17.2 Å². The second-order valence-corrected chi connectivity index (χ2v) is 5.38. The van der Waals surface area contributed by atoms with Crippen LogP contribution in [0.5, 0.6) is 0 Å². The van der Waals surface area contributed by atoms with Gasteiger partial charge in [-0.1, -0.05) is 0 Å². The minimum absolute atomic E-state index is 0.0164. The molecule has 0 aliphatic rings. The Labute approximate surface area is 136 Å². The van der Waals surface area contributed by atoms with Gasteiger partial charge in [0.15, 0.2) is 5.58 Å². The number of esters is 1. The molecule has 0 bridgehead atoms. The minimum Gasteiger partial charge on any atom is -0.462 e. The van der Waals surface area contributed by atoms with Crippen molar-refractivity contribution in [1.29, 1.82) is 0 Å². The van der Waals surface area contributed by atoms with Gasteiger partial charge >= 0.3 is 17.2 Å². The lowest BCUT2D eigenvalue weighted by Gasteiger charge is -2.12. The fourth-order valence-corrected chi connectivity index (χ4v) is 2.39. The van der Waals surface area contributed by atoms with Gasteiger partial charge in [0, 0.05) is 25.8 Å². The molecule has 0 saturated heterocycles. The Balaban J connectivity index is 2.34. The molecule has 2 aromatic heterocycles. The van der Waals surface area contributed by atoms with Crippen LogP contribution in [0, 0.1) is 0 Å². The summed E-state index contributed by atoms with van der Waals surface area (Å²) >= 11 is 0. The number of anilines is 1. The minimum atomic E-state index is -0.857. The van der Waals surface area contributed by atoms with Gasteiger partial charge in [0.05, 0.1) is 12.0 Å². The Morgan fingerprint density at radius 2 is 1.83 bits per heavy atom. The monoisotopic (exact) mass is 329 g/mol. The maximum Gasteiger partial charge on any atom is 0.351 e. The second-order valence-electron chi connectivity index (χ2n) is 5.38. The van der Waals surface area contributed by atoms with Crippen molar-refractivity contribution >= 4 is 33.6 Å². The summed E-state index contributed by atoms with van der Waals surface area (Å²) in [6.45, 7) is 1.72. The molecule has 2 heterocycles. The first-order valence-corrected chi connectivity index (χ1v) is 7.31. The first-order valence-electron chi connectivity index (χ1n) is 7.31. The number of benzene rings is 1. The number of hydrogen-bond acceptors (Lipinski definition) is 7. The van der Waals surface area contributed by atoms with E-state index in [-0.39, 0.29) is 23.1 Å². The molecule has 0 fully saturated rings. The molecule has 24 heavy (non-hydrogen) atoms. The number of rotatable bonds is 3. The van der Waals surface area contributed by atoms with Gasteiger partial charge < -0.3 is 18.5 Å². The van der Waals surface area contributed by atoms with Gasteiger partial charge in [0.1, 0.15) is 16.5 Å². The molecule has 0 N–H and O–H groups in total. The number of hydrogen-bond donors (Lipinski definition) is 0. The fraction of sp³-hybridized carbons (Fsp3) is 0.235. The average Bonchev–Trinajstić information content (AvgIpc) is 2.54. The van der Waals surface area contributed by atoms with Crippen LogP contribution in [0.2, 0.25) is 0 Å². The van der Waals surface area contributed by atoms with Crippen molar-refractivity contribution in [2.45, 2.75) is 6.92 Å². The average molecular weight is 329 g/mol. The zero-order chi connectivity index (χ0) is 17.4. The molecular weight excluding hydrogens is 314 g/mol. The van der Waals surface area contributed by atoms with E-state index in [4.69, 9.17) is 13.6 Å². The molecule has 124 valence electrons. The Kier molecular flexibility index (Phi) is 3.84. The highest BCUT2D eigenvalue weighted by Gasteiger charge is 2.19. The number of ether oxygens (including phenoxy) is 1. The van der Waals surface area contributed by atoms with Crippen molar-refractivity contribution in [2.75, 3.05) is 25.6 Å². The van der Waals surface area contributed by atoms with E-state index in [1.165, 1.54) is 0 Å². The second kappa shape index (κ2) is 5.84. The molecule has 7 heteroatoms. The Hall–Kier alpha value is -3.09. The van der Waals surface area contributed by atoms with E-state index in [1.807, 2.05) is 19.0 Å². The smallest absolute Gasteiger partial charge is 0.351 e. The van der Waals surface area contributed by atoms with Crippen molar-refractivity contribution in [1.82, 2.24) is 0 Å². The number of nitrogens with zero attached hydrogens (tertiary/aromatic N) is 1. The third-order valence-electron chi connectivity index (χ3n) is 3.59. The van der Waals surface area contributed by atoms with Crippen molar-refractivity contribution in [3.63, 3.8) is 0 Å². The summed E-state index contributed by atoms with van der Waals surface area (Å²) in [5.41, 5.74) is -0.668. The molecule has 1 aromatic carbocycles. The molecule has 7 nitrogen and oxygen atoms in total. The van der Waals surface area contributed by atoms with Crippen LogP contribution in [0.4, 0.5) is 5.69 Å². The van der Waals surface area contributed by atoms with Crippen LogP contribution in [0.3, 0.4) is 0 Å². The molecule has 0 atom stereocenters. The molecular formula is C17H15NO6. The highest BCUT2D eigenvalue weighted by Crippen LogP contribution is 2.26. The van der Waals surface area contributed by atoms with E-state index in [0.29, 0.717) is 11.0 Å². The van der Waals surface area contributed by atoms with Gasteiger partial charge in [-0.05, 0) is 25.1 Å². The summed E-state index contributed by atoms with van der Waals surface area (Å²) in [5, 5.41) is 0.491. The lowest BCUT2D eigenvalue weighted by Crippen LogP contribution is -2.18. The predicted octanol–water partition coefficient (Wildman–Crippen LogP) is 2.14. The highest BCUT2D eigenvalue weighted by molar-refractivity contribution is 6.03. The molecule has 0 saturated carbocycles. The zero-order valence-corrected chi connectivity index (χ0v) is 13.4. The summed E-state index contributed by atoms with van der Waals surface area (Å²) in [4.78, 5) is 37.9. The zero-order valence-electron chi connectivity index (χ0n) is 13.4. The molecule has 0 aliphatic carbocycles. The summed E-state index contributed by atoms with van der Waals surface area (Å²) < 4.78 is 15.3. The normalized spacial score (nSPS) is 11.0. The highest BCUT2D eigenvalue weighted by atomic mass is 16.5. The third kappa shape index (κ3) is 2.54.